The zero-order chi connectivity index (χ0) is 36.0. The first-order valence-corrected chi connectivity index (χ1v) is 19.4. The van der Waals surface area contributed by atoms with Crippen LogP contribution in [0.1, 0.15) is 0 Å². The van der Waals surface area contributed by atoms with Gasteiger partial charge in [-0.2, -0.15) is 0 Å². The number of fused-ring (bicyclic) bond motifs is 11. The number of hydrogen-bond donors (Lipinski definition) is 0. The standard InChI is InChI=1S/C51H30N2OS/c1-2-10-31(11-3-1)32-18-20-34(21-19-32)41-30-46-48(40-16-8-9-17-45(40)55-46)49-50(41)54-51(52-49)35-22-25-38(26-23-35)53-43-27-24-33-12-6-7-15-39(33)47(43)42-28-36-13-4-5-14-37(36)29-44(42)53/h1-30H. The minimum Gasteiger partial charge on any atom is -0.435 e. The molecule has 55 heavy (non-hydrogen) atoms. The predicted octanol–water partition coefficient (Wildman–Crippen LogP) is 14.6. The number of hydrogen-bond acceptors (Lipinski definition) is 3. The van der Waals surface area contributed by atoms with Gasteiger partial charge in [0.25, 0.3) is 0 Å². The molecule has 12 aromatic rings. The van der Waals surface area contributed by atoms with Crippen LogP contribution in [0.25, 0.3) is 114 Å². The molecule has 0 aliphatic rings. The second-order valence-corrected chi connectivity index (χ2v) is 15.4. The zero-order valence-corrected chi connectivity index (χ0v) is 30.3. The molecule has 4 heteroatoms. The fourth-order valence-electron chi connectivity index (χ4n) is 8.59. The molecule has 0 amide bonds. The summed E-state index contributed by atoms with van der Waals surface area (Å²) in [6.45, 7) is 0. The molecule has 0 aliphatic heterocycles. The van der Waals surface area contributed by atoms with Crippen LogP contribution in [-0.2, 0) is 0 Å². The number of rotatable bonds is 4. The van der Waals surface area contributed by atoms with Gasteiger partial charge >= 0.3 is 0 Å². The van der Waals surface area contributed by atoms with Crippen LogP contribution in [0.5, 0.6) is 0 Å². The lowest BCUT2D eigenvalue weighted by Gasteiger charge is -2.09. The Morgan fingerprint density at radius 2 is 1.09 bits per heavy atom. The smallest absolute Gasteiger partial charge is 0.227 e. The third-order valence-corrected chi connectivity index (χ3v) is 12.3. The summed E-state index contributed by atoms with van der Waals surface area (Å²) in [6, 6.07) is 65.4. The van der Waals surface area contributed by atoms with Crippen LogP contribution in [0.2, 0.25) is 0 Å². The van der Waals surface area contributed by atoms with Crippen LogP contribution in [-0.4, -0.2) is 9.55 Å². The van der Waals surface area contributed by atoms with Crippen molar-refractivity contribution in [3.63, 3.8) is 0 Å². The average molecular weight is 719 g/mol. The molecule has 0 aliphatic carbocycles. The van der Waals surface area contributed by atoms with Gasteiger partial charge in [-0.05, 0) is 92.8 Å². The largest absolute Gasteiger partial charge is 0.435 e. The SMILES string of the molecule is c1ccc(-c2ccc(-c3cc4sc5ccccc5c4c4nc(-c5ccc(-n6c7cc8ccccc8cc7c7c8ccccc8ccc76)cc5)oc34)cc2)cc1. The van der Waals surface area contributed by atoms with Gasteiger partial charge < -0.3 is 8.98 Å². The zero-order valence-electron chi connectivity index (χ0n) is 29.5. The van der Waals surface area contributed by atoms with E-state index in [0.717, 1.165) is 38.9 Å². The molecule has 3 aromatic heterocycles. The molecule has 0 atom stereocenters. The van der Waals surface area contributed by atoms with Crippen molar-refractivity contribution in [2.24, 2.45) is 0 Å². The minimum atomic E-state index is 0.616. The van der Waals surface area contributed by atoms with Crippen molar-refractivity contribution in [3.05, 3.63) is 182 Å². The van der Waals surface area contributed by atoms with Gasteiger partial charge in [0, 0.05) is 47.8 Å². The van der Waals surface area contributed by atoms with Gasteiger partial charge in [0.05, 0.1) is 11.0 Å². The van der Waals surface area contributed by atoms with Gasteiger partial charge in [-0.1, -0.05) is 127 Å². The summed E-state index contributed by atoms with van der Waals surface area (Å²) in [5.74, 6) is 0.616. The van der Waals surface area contributed by atoms with E-state index >= 15 is 0 Å². The van der Waals surface area contributed by atoms with Crippen LogP contribution < -0.4 is 0 Å². The van der Waals surface area contributed by atoms with Crippen LogP contribution in [0.15, 0.2) is 186 Å². The van der Waals surface area contributed by atoms with Gasteiger partial charge in [0.2, 0.25) is 5.89 Å². The Morgan fingerprint density at radius 1 is 0.436 bits per heavy atom. The third kappa shape index (κ3) is 4.65. The third-order valence-electron chi connectivity index (χ3n) is 11.2. The lowest BCUT2D eigenvalue weighted by molar-refractivity contribution is 0.621. The Hall–Kier alpha value is -7.01. The highest BCUT2D eigenvalue weighted by molar-refractivity contribution is 7.26. The summed E-state index contributed by atoms with van der Waals surface area (Å²) >= 11 is 1.81. The van der Waals surface area contributed by atoms with Gasteiger partial charge in [0.1, 0.15) is 5.52 Å². The van der Waals surface area contributed by atoms with Crippen LogP contribution in [0.3, 0.4) is 0 Å². The summed E-state index contributed by atoms with van der Waals surface area (Å²) < 4.78 is 11.7. The first-order valence-electron chi connectivity index (χ1n) is 18.6. The van der Waals surface area contributed by atoms with Gasteiger partial charge in [0.15, 0.2) is 5.58 Å². The maximum absolute atomic E-state index is 6.84. The number of nitrogens with zero attached hydrogens (tertiary/aromatic N) is 2. The van der Waals surface area contributed by atoms with Crippen molar-refractivity contribution < 1.29 is 4.42 Å². The summed E-state index contributed by atoms with van der Waals surface area (Å²) in [5.41, 5.74) is 10.7. The van der Waals surface area contributed by atoms with Crippen LogP contribution >= 0.6 is 11.3 Å². The van der Waals surface area contributed by atoms with Crippen molar-refractivity contribution in [2.45, 2.75) is 0 Å². The molecule has 0 fully saturated rings. The summed E-state index contributed by atoms with van der Waals surface area (Å²) in [5, 5.41) is 9.86. The van der Waals surface area contributed by atoms with E-state index in [0.29, 0.717) is 5.89 Å². The molecule has 12 rings (SSSR count). The maximum atomic E-state index is 6.84. The first-order chi connectivity index (χ1) is 27.2. The molecule has 3 nitrogen and oxygen atoms in total. The lowest BCUT2D eigenvalue weighted by Crippen LogP contribution is -1.94. The highest BCUT2D eigenvalue weighted by Crippen LogP contribution is 2.45. The topological polar surface area (TPSA) is 31.0 Å². The highest BCUT2D eigenvalue weighted by atomic mass is 32.1. The summed E-state index contributed by atoms with van der Waals surface area (Å²) in [4.78, 5) is 5.28. The number of benzene rings is 9. The van der Waals surface area contributed by atoms with Crippen molar-refractivity contribution >= 4 is 86.0 Å². The minimum absolute atomic E-state index is 0.616. The second kappa shape index (κ2) is 11.7. The van der Waals surface area contributed by atoms with E-state index in [4.69, 9.17) is 9.40 Å². The van der Waals surface area contributed by atoms with Crippen LogP contribution in [0.4, 0.5) is 0 Å². The Balaban J connectivity index is 1.03. The first kappa shape index (κ1) is 30.5. The molecule has 0 spiro atoms. The number of aromatic nitrogens is 2. The summed E-state index contributed by atoms with van der Waals surface area (Å²) in [7, 11) is 0. The van der Waals surface area contributed by atoms with E-state index in [1.807, 2.05) is 11.3 Å². The van der Waals surface area contributed by atoms with Gasteiger partial charge in [-0.25, -0.2) is 4.98 Å². The molecule has 0 N–H and O–H groups in total. The van der Waals surface area contributed by atoms with Crippen molar-refractivity contribution in [3.8, 4) is 39.4 Å². The monoisotopic (exact) mass is 718 g/mol. The van der Waals surface area contributed by atoms with E-state index in [1.54, 1.807) is 0 Å². The Morgan fingerprint density at radius 3 is 1.91 bits per heavy atom. The normalized spacial score (nSPS) is 12.0. The van der Waals surface area contributed by atoms with Gasteiger partial charge in [-0.15, -0.1) is 11.3 Å². The van der Waals surface area contributed by atoms with Crippen molar-refractivity contribution in [2.75, 3.05) is 0 Å². The second-order valence-electron chi connectivity index (χ2n) is 14.3. The highest BCUT2D eigenvalue weighted by Gasteiger charge is 2.21. The molecule has 256 valence electrons. The summed E-state index contributed by atoms with van der Waals surface area (Å²) in [6.07, 6.45) is 0. The maximum Gasteiger partial charge on any atom is 0.227 e. The Bertz CT molecular complexity index is 3460. The lowest BCUT2D eigenvalue weighted by atomic mass is 9.98. The van der Waals surface area contributed by atoms with Crippen molar-refractivity contribution in [1.29, 1.82) is 0 Å². The van der Waals surface area contributed by atoms with E-state index in [2.05, 4.69) is 187 Å². The Kier molecular flexibility index (Phi) is 6.50. The van der Waals surface area contributed by atoms with E-state index < -0.39 is 0 Å². The quantitative estimate of drug-likeness (QED) is 0.181. The fraction of sp³-hybridized carbons (Fsp3) is 0. The molecule has 3 heterocycles. The molecule has 0 radical (unpaired) electrons. The fourth-order valence-corrected chi connectivity index (χ4v) is 9.74. The molecule has 0 saturated carbocycles. The molecule has 0 bridgehead atoms. The molecular formula is C51H30N2OS. The molecule has 9 aromatic carbocycles. The van der Waals surface area contributed by atoms with E-state index in [9.17, 15) is 0 Å². The van der Waals surface area contributed by atoms with E-state index in [1.165, 1.54) is 69.3 Å². The number of oxazole rings is 1. The van der Waals surface area contributed by atoms with Crippen LogP contribution in [0, 0.1) is 0 Å². The average Bonchev–Trinajstić information content (AvgIpc) is 3.95. The number of thiophene rings is 1. The van der Waals surface area contributed by atoms with Gasteiger partial charge in [-0.3, -0.25) is 0 Å². The Labute approximate surface area is 320 Å². The molecule has 0 unspecified atom stereocenters. The molecule has 0 saturated heterocycles. The predicted molar refractivity (Wildman–Crippen MR) is 233 cm³/mol. The van der Waals surface area contributed by atoms with E-state index in [-0.39, 0.29) is 0 Å². The van der Waals surface area contributed by atoms with Crippen molar-refractivity contribution in [1.82, 2.24) is 9.55 Å². The molecular weight excluding hydrogens is 689 g/mol.